The van der Waals surface area contributed by atoms with Gasteiger partial charge in [0.15, 0.2) is 0 Å². The van der Waals surface area contributed by atoms with Crippen molar-refractivity contribution < 1.29 is 4.79 Å². The Kier molecular flexibility index (Phi) is 5.09. The number of hydrogen-bond acceptors (Lipinski definition) is 3. The molecule has 126 valence electrons. The van der Waals surface area contributed by atoms with Crippen LogP contribution in [-0.4, -0.2) is 18.5 Å². The van der Waals surface area contributed by atoms with E-state index < -0.39 is 0 Å². The van der Waals surface area contributed by atoms with Gasteiger partial charge in [0.25, 0.3) is 5.91 Å². The molecule has 1 amide bonds. The Morgan fingerprint density at radius 1 is 1.25 bits per heavy atom. The van der Waals surface area contributed by atoms with E-state index in [-0.39, 0.29) is 5.91 Å². The molecule has 0 bridgehead atoms. The molecule has 3 N–H and O–H groups in total. The first-order valence-electron chi connectivity index (χ1n) is 8.27. The van der Waals surface area contributed by atoms with Crippen LogP contribution >= 0.6 is 15.9 Å². The minimum Gasteiger partial charge on any atom is -0.397 e. The van der Waals surface area contributed by atoms with Crippen LogP contribution in [0.2, 0.25) is 0 Å². The monoisotopic (exact) mass is 387 g/mol. The van der Waals surface area contributed by atoms with Crippen LogP contribution in [0.15, 0.2) is 46.9 Å². The number of benzene rings is 2. The molecule has 3 rings (SSSR count). The smallest absolute Gasteiger partial charge is 0.255 e. The third-order valence-electron chi connectivity index (χ3n) is 4.48. The van der Waals surface area contributed by atoms with Gasteiger partial charge in [0, 0.05) is 28.3 Å². The quantitative estimate of drug-likeness (QED) is 0.752. The van der Waals surface area contributed by atoms with Crippen molar-refractivity contribution in [1.29, 1.82) is 0 Å². The van der Waals surface area contributed by atoms with E-state index in [0.717, 1.165) is 16.7 Å². The maximum absolute atomic E-state index is 12.3. The number of nitrogens with two attached hydrogens (primary N) is 1. The number of halogens is 1. The van der Waals surface area contributed by atoms with E-state index in [1.807, 2.05) is 30.3 Å². The number of piperidine rings is 1. The van der Waals surface area contributed by atoms with Crippen LogP contribution in [0.25, 0.3) is 0 Å². The summed E-state index contributed by atoms with van der Waals surface area (Å²) in [6.07, 6.45) is 3.67. The predicted molar refractivity (Wildman–Crippen MR) is 104 cm³/mol. The summed E-state index contributed by atoms with van der Waals surface area (Å²) in [7, 11) is 0. The fourth-order valence-corrected chi connectivity index (χ4v) is 3.58. The lowest BCUT2D eigenvalue weighted by Gasteiger charge is -2.36. The summed E-state index contributed by atoms with van der Waals surface area (Å²) in [5.41, 5.74) is 9.34. The van der Waals surface area contributed by atoms with Gasteiger partial charge in [-0.1, -0.05) is 22.0 Å². The van der Waals surface area contributed by atoms with Crippen molar-refractivity contribution in [3.8, 4) is 0 Å². The molecule has 0 aromatic heterocycles. The third kappa shape index (κ3) is 3.73. The summed E-state index contributed by atoms with van der Waals surface area (Å²) in [6.45, 7) is 3.27. The van der Waals surface area contributed by atoms with Crippen molar-refractivity contribution in [1.82, 2.24) is 0 Å². The first-order chi connectivity index (χ1) is 11.5. The van der Waals surface area contributed by atoms with Gasteiger partial charge in [-0.15, -0.1) is 0 Å². The second-order valence-electron chi connectivity index (χ2n) is 6.28. The van der Waals surface area contributed by atoms with Crippen molar-refractivity contribution in [3.05, 3.63) is 52.5 Å². The number of anilines is 3. The van der Waals surface area contributed by atoms with Gasteiger partial charge in [-0.2, -0.15) is 0 Å². The largest absolute Gasteiger partial charge is 0.397 e. The van der Waals surface area contributed by atoms with Gasteiger partial charge in [0.1, 0.15) is 0 Å². The van der Waals surface area contributed by atoms with Crippen molar-refractivity contribution in [3.63, 3.8) is 0 Å². The zero-order valence-electron chi connectivity index (χ0n) is 13.8. The molecular weight excluding hydrogens is 366 g/mol. The average Bonchev–Trinajstić information content (AvgIpc) is 2.56. The lowest BCUT2D eigenvalue weighted by Crippen LogP contribution is -2.37. The molecule has 0 saturated carbocycles. The van der Waals surface area contributed by atoms with Crippen molar-refractivity contribution in [2.45, 2.75) is 32.2 Å². The van der Waals surface area contributed by atoms with Crippen LogP contribution in [0.3, 0.4) is 0 Å². The van der Waals surface area contributed by atoms with Gasteiger partial charge in [-0.25, -0.2) is 0 Å². The summed E-state index contributed by atoms with van der Waals surface area (Å²) in [4.78, 5) is 14.7. The van der Waals surface area contributed by atoms with Crippen LogP contribution in [0.5, 0.6) is 0 Å². The molecule has 1 aliphatic rings. The number of amides is 1. The molecular formula is C19H22BrN3O. The molecule has 5 heteroatoms. The normalized spacial score (nSPS) is 17.6. The van der Waals surface area contributed by atoms with Crippen molar-refractivity contribution >= 4 is 38.9 Å². The number of carbonyl (C=O) groups excluding carboxylic acids is 1. The highest BCUT2D eigenvalue weighted by atomic mass is 79.9. The topological polar surface area (TPSA) is 58.4 Å². The molecule has 1 heterocycles. The first-order valence-corrected chi connectivity index (χ1v) is 9.07. The van der Waals surface area contributed by atoms with Crippen LogP contribution in [0.4, 0.5) is 17.1 Å². The Balaban J connectivity index is 1.76. The lowest BCUT2D eigenvalue weighted by atomic mass is 10.0. The molecule has 24 heavy (non-hydrogen) atoms. The minimum atomic E-state index is -0.144. The summed E-state index contributed by atoms with van der Waals surface area (Å²) in [5, 5.41) is 2.91. The van der Waals surface area contributed by atoms with E-state index >= 15 is 0 Å². The van der Waals surface area contributed by atoms with E-state index in [1.165, 1.54) is 19.3 Å². The molecule has 2 aromatic carbocycles. The fourth-order valence-electron chi connectivity index (χ4n) is 3.18. The Hall–Kier alpha value is -2.01. The molecule has 0 aliphatic carbocycles. The van der Waals surface area contributed by atoms with E-state index in [2.05, 4.69) is 33.1 Å². The number of nitrogens with one attached hydrogen (secondary N) is 1. The highest BCUT2D eigenvalue weighted by Gasteiger charge is 2.20. The zero-order chi connectivity index (χ0) is 17.1. The molecule has 1 atom stereocenters. The molecule has 1 aliphatic heterocycles. The van der Waals surface area contributed by atoms with Crippen LogP contribution in [0, 0.1) is 0 Å². The predicted octanol–water partition coefficient (Wildman–Crippen LogP) is 4.66. The van der Waals surface area contributed by atoms with Gasteiger partial charge in [0.2, 0.25) is 0 Å². The highest BCUT2D eigenvalue weighted by Crippen LogP contribution is 2.31. The summed E-state index contributed by atoms with van der Waals surface area (Å²) in [6, 6.07) is 13.6. The number of nitrogens with zero attached hydrogens (tertiary/aromatic N) is 1. The van der Waals surface area contributed by atoms with Crippen LogP contribution in [-0.2, 0) is 0 Å². The SMILES string of the molecule is C[C@@H]1CCCCN1c1ccc(NC(=O)c2cccc(Br)c2)cc1N. The maximum atomic E-state index is 12.3. The molecule has 0 unspecified atom stereocenters. The van der Waals surface area contributed by atoms with Crippen LogP contribution in [0.1, 0.15) is 36.5 Å². The molecule has 2 aromatic rings. The molecule has 1 saturated heterocycles. The van der Waals surface area contributed by atoms with Crippen molar-refractivity contribution in [2.75, 3.05) is 22.5 Å². The van der Waals surface area contributed by atoms with Gasteiger partial charge in [0.05, 0.1) is 11.4 Å². The number of carbonyl (C=O) groups is 1. The summed E-state index contributed by atoms with van der Waals surface area (Å²) in [5.74, 6) is -0.144. The Morgan fingerprint density at radius 2 is 2.08 bits per heavy atom. The van der Waals surface area contributed by atoms with Gasteiger partial charge < -0.3 is 16.0 Å². The molecule has 0 radical (unpaired) electrons. The number of rotatable bonds is 3. The summed E-state index contributed by atoms with van der Waals surface area (Å²) < 4.78 is 0.879. The average molecular weight is 388 g/mol. The Bertz CT molecular complexity index is 747. The number of nitrogen functional groups attached to an aromatic ring is 1. The highest BCUT2D eigenvalue weighted by molar-refractivity contribution is 9.10. The maximum Gasteiger partial charge on any atom is 0.255 e. The zero-order valence-corrected chi connectivity index (χ0v) is 15.3. The van der Waals surface area contributed by atoms with Gasteiger partial charge in [-0.05, 0) is 62.6 Å². The first kappa shape index (κ1) is 16.8. The van der Waals surface area contributed by atoms with E-state index in [0.29, 0.717) is 23.0 Å². The van der Waals surface area contributed by atoms with E-state index in [1.54, 1.807) is 12.1 Å². The number of hydrogen-bond donors (Lipinski definition) is 2. The molecule has 1 fully saturated rings. The van der Waals surface area contributed by atoms with Gasteiger partial charge >= 0.3 is 0 Å². The van der Waals surface area contributed by atoms with E-state index in [9.17, 15) is 4.79 Å². The van der Waals surface area contributed by atoms with Gasteiger partial charge in [-0.3, -0.25) is 4.79 Å². The Labute approximate surface area is 151 Å². The third-order valence-corrected chi connectivity index (χ3v) is 4.98. The Morgan fingerprint density at radius 3 is 2.79 bits per heavy atom. The van der Waals surface area contributed by atoms with E-state index in [4.69, 9.17) is 5.73 Å². The lowest BCUT2D eigenvalue weighted by molar-refractivity contribution is 0.102. The second kappa shape index (κ2) is 7.26. The van der Waals surface area contributed by atoms with Crippen molar-refractivity contribution in [2.24, 2.45) is 0 Å². The standard InChI is InChI=1S/C19H22BrN3O/c1-13-5-2-3-10-23(13)18-9-8-16(12-17(18)21)22-19(24)14-6-4-7-15(20)11-14/h4,6-9,11-13H,2-3,5,10,21H2,1H3,(H,22,24)/t13-/m1/s1. The summed E-state index contributed by atoms with van der Waals surface area (Å²) >= 11 is 3.38. The second-order valence-corrected chi connectivity index (χ2v) is 7.19. The van der Waals surface area contributed by atoms with Crippen LogP contribution < -0.4 is 16.0 Å². The minimum absolute atomic E-state index is 0.144. The molecule has 4 nitrogen and oxygen atoms in total. The fraction of sp³-hybridized carbons (Fsp3) is 0.316. The molecule has 0 spiro atoms.